The Hall–Kier alpha value is -3.78. The number of rotatable bonds is 4. The van der Waals surface area contributed by atoms with Crippen molar-refractivity contribution in [2.45, 2.75) is 13.0 Å². The zero-order valence-electron chi connectivity index (χ0n) is 16.5. The summed E-state index contributed by atoms with van der Waals surface area (Å²) < 4.78 is 15.2. The van der Waals surface area contributed by atoms with Gasteiger partial charge in [0.1, 0.15) is 11.9 Å². The standard InChI is InChI=1S/C23H18FN5OS/c1-14-4-6-15(7-5-14)18-13-19(16-8-10-17(24)11-9-16)29-23(25-18)27-22(28-29)26-21(30)20-3-2-12-31-20/h2-13,19H,1H3,(H2,25,26,27,28,30)/t19-/m1/s1. The van der Waals surface area contributed by atoms with E-state index in [-0.39, 0.29) is 23.7 Å². The highest BCUT2D eigenvalue weighted by Gasteiger charge is 2.26. The fraction of sp³-hybridized carbons (Fsp3) is 0.0870. The van der Waals surface area contributed by atoms with Crippen LogP contribution in [-0.2, 0) is 0 Å². The Morgan fingerprint density at radius 2 is 1.90 bits per heavy atom. The third-order valence-electron chi connectivity index (χ3n) is 5.01. The Morgan fingerprint density at radius 3 is 2.61 bits per heavy atom. The van der Waals surface area contributed by atoms with Crippen molar-refractivity contribution in [1.82, 2.24) is 14.8 Å². The van der Waals surface area contributed by atoms with E-state index in [0.717, 1.165) is 22.4 Å². The van der Waals surface area contributed by atoms with Crippen molar-refractivity contribution in [2.75, 3.05) is 10.6 Å². The number of carbonyl (C=O) groups is 1. The molecule has 0 bridgehead atoms. The van der Waals surface area contributed by atoms with Crippen LogP contribution < -0.4 is 10.6 Å². The SMILES string of the molecule is Cc1ccc(C2=C[C@H](c3ccc(F)cc3)n3nc(NC(=O)c4cccs4)nc3N2)cc1. The number of hydrogen-bond donors (Lipinski definition) is 2. The van der Waals surface area contributed by atoms with Crippen molar-refractivity contribution in [2.24, 2.45) is 0 Å². The monoisotopic (exact) mass is 431 g/mol. The molecule has 154 valence electrons. The van der Waals surface area contributed by atoms with Gasteiger partial charge in [0.2, 0.25) is 5.95 Å². The van der Waals surface area contributed by atoms with Crippen molar-refractivity contribution in [3.8, 4) is 0 Å². The van der Waals surface area contributed by atoms with Crippen LogP contribution in [-0.4, -0.2) is 20.7 Å². The highest BCUT2D eigenvalue weighted by atomic mass is 32.1. The molecule has 0 unspecified atom stereocenters. The maximum Gasteiger partial charge on any atom is 0.268 e. The number of amides is 1. The zero-order chi connectivity index (χ0) is 21.4. The molecule has 3 heterocycles. The summed E-state index contributed by atoms with van der Waals surface area (Å²) in [7, 11) is 0. The first-order chi connectivity index (χ1) is 15.1. The molecule has 0 aliphatic carbocycles. The Balaban J connectivity index is 1.53. The van der Waals surface area contributed by atoms with Crippen molar-refractivity contribution in [3.05, 3.63) is 99.5 Å². The lowest BCUT2D eigenvalue weighted by Gasteiger charge is -2.24. The lowest BCUT2D eigenvalue weighted by atomic mass is 10.0. The number of aryl methyl sites for hydroxylation is 1. The van der Waals surface area contributed by atoms with Gasteiger partial charge in [0.05, 0.1) is 4.88 Å². The maximum absolute atomic E-state index is 13.5. The number of nitrogens with zero attached hydrogens (tertiary/aromatic N) is 3. The molecule has 1 aliphatic heterocycles. The largest absolute Gasteiger partial charge is 0.324 e. The van der Waals surface area contributed by atoms with Gasteiger partial charge in [-0.1, -0.05) is 48.0 Å². The van der Waals surface area contributed by atoms with Crippen LogP contribution in [0.2, 0.25) is 0 Å². The molecule has 1 aliphatic rings. The molecule has 0 radical (unpaired) electrons. The van der Waals surface area contributed by atoms with Gasteiger partial charge in [0.25, 0.3) is 11.9 Å². The molecule has 0 saturated carbocycles. The van der Waals surface area contributed by atoms with Crippen molar-refractivity contribution >= 4 is 34.8 Å². The average molecular weight is 431 g/mol. The predicted octanol–water partition coefficient (Wildman–Crippen LogP) is 5.10. The second kappa shape index (κ2) is 7.81. The fourth-order valence-corrected chi connectivity index (χ4v) is 4.03. The van der Waals surface area contributed by atoms with Crippen LogP contribution in [0, 0.1) is 12.7 Å². The van der Waals surface area contributed by atoms with E-state index in [4.69, 9.17) is 0 Å². The summed E-state index contributed by atoms with van der Waals surface area (Å²) in [5.74, 6) is 0.131. The van der Waals surface area contributed by atoms with Gasteiger partial charge >= 0.3 is 0 Å². The van der Waals surface area contributed by atoms with Crippen LogP contribution in [0.15, 0.2) is 72.1 Å². The van der Waals surface area contributed by atoms with Crippen molar-refractivity contribution in [1.29, 1.82) is 0 Å². The van der Waals surface area contributed by atoms with E-state index in [1.807, 2.05) is 48.7 Å². The molecule has 0 saturated heterocycles. The summed E-state index contributed by atoms with van der Waals surface area (Å²) in [5.41, 5.74) is 3.88. The normalized spacial score (nSPS) is 15.0. The van der Waals surface area contributed by atoms with Gasteiger partial charge in [-0.3, -0.25) is 10.1 Å². The Labute approximate surface area is 182 Å². The lowest BCUT2D eigenvalue weighted by molar-refractivity contribution is 0.102. The Bertz CT molecular complexity index is 1260. The molecule has 1 atom stereocenters. The number of aromatic nitrogens is 3. The second-order valence-corrected chi connectivity index (χ2v) is 8.15. The van der Waals surface area contributed by atoms with Crippen molar-refractivity contribution in [3.63, 3.8) is 0 Å². The maximum atomic E-state index is 13.5. The molecular weight excluding hydrogens is 413 g/mol. The molecule has 2 N–H and O–H groups in total. The first-order valence-electron chi connectivity index (χ1n) is 9.69. The van der Waals surface area contributed by atoms with Gasteiger partial charge in [-0.25, -0.2) is 9.07 Å². The summed E-state index contributed by atoms with van der Waals surface area (Å²) in [5, 5.41) is 12.4. The number of nitrogens with one attached hydrogen (secondary N) is 2. The molecule has 2 aromatic carbocycles. The number of thiophene rings is 1. The van der Waals surface area contributed by atoms with Crippen LogP contribution in [0.3, 0.4) is 0 Å². The quantitative estimate of drug-likeness (QED) is 0.472. The molecule has 8 heteroatoms. The summed E-state index contributed by atoms with van der Waals surface area (Å²) in [6.45, 7) is 2.03. The second-order valence-electron chi connectivity index (χ2n) is 7.20. The molecule has 2 aromatic heterocycles. The zero-order valence-corrected chi connectivity index (χ0v) is 17.4. The van der Waals surface area contributed by atoms with E-state index in [1.165, 1.54) is 23.5 Å². The highest BCUT2D eigenvalue weighted by molar-refractivity contribution is 7.12. The van der Waals surface area contributed by atoms with Gasteiger partial charge < -0.3 is 5.32 Å². The number of allylic oxidation sites excluding steroid dienone is 1. The fourth-order valence-electron chi connectivity index (χ4n) is 3.42. The van der Waals surface area contributed by atoms with E-state index in [0.29, 0.717) is 10.8 Å². The average Bonchev–Trinajstić information content (AvgIpc) is 3.44. The lowest BCUT2D eigenvalue weighted by Crippen LogP contribution is -2.20. The first-order valence-corrected chi connectivity index (χ1v) is 10.6. The summed E-state index contributed by atoms with van der Waals surface area (Å²) in [6.07, 6.45) is 2.02. The van der Waals surface area contributed by atoms with Gasteiger partial charge in [-0.15, -0.1) is 16.4 Å². The van der Waals surface area contributed by atoms with E-state index in [1.54, 1.807) is 22.9 Å². The third-order valence-corrected chi connectivity index (χ3v) is 5.88. The van der Waals surface area contributed by atoms with Crippen LogP contribution in [0.4, 0.5) is 16.3 Å². The molecular formula is C23H18FN5OS. The van der Waals surface area contributed by atoms with Crippen LogP contribution in [0.5, 0.6) is 0 Å². The van der Waals surface area contributed by atoms with Gasteiger partial charge in [-0.05, 0) is 47.7 Å². The van der Waals surface area contributed by atoms with Gasteiger partial charge in [0, 0.05) is 5.70 Å². The van der Waals surface area contributed by atoms with Crippen molar-refractivity contribution < 1.29 is 9.18 Å². The Kier molecular flexibility index (Phi) is 4.83. The molecule has 4 aromatic rings. The van der Waals surface area contributed by atoms with Crippen LogP contribution in [0.1, 0.15) is 32.4 Å². The number of anilines is 2. The number of hydrogen-bond acceptors (Lipinski definition) is 5. The minimum atomic E-state index is -0.312. The van der Waals surface area contributed by atoms with Crippen LogP contribution in [0.25, 0.3) is 5.70 Å². The molecule has 6 nitrogen and oxygen atoms in total. The molecule has 0 fully saturated rings. The van der Waals surface area contributed by atoms with E-state index in [2.05, 4.69) is 20.7 Å². The minimum Gasteiger partial charge on any atom is -0.324 e. The topological polar surface area (TPSA) is 71.8 Å². The van der Waals surface area contributed by atoms with E-state index >= 15 is 0 Å². The summed E-state index contributed by atoms with van der Waals surface area (Å²) >= 11 is 1.35. The minimum absolute atomic E-state index is 0.201. The van der Waals surface area contributed by atoms with E-state index in [9.17, 15) is 9.18 Å². The Morgan fingerprint density at radius 1 is 1.13 bits per heavy atom. The van der Waals surface area contributed by atoms with E-state index < -0.39 is 0 Å². The molecule has 31 heavy (non-hydrogen) atoms. The predicted molar refractivity (Wildman–Crippen MR) is 120 cm³/mol. The van der Waals surface area contributed by atoms with Crippen LogP contribution >= 0.6 is 11.3 Å². The smallest absolute Gasteiger partial charge is 0.268 e. The summed E-state index contributed by atoms with van der Waals surface area (Å²) in [4.78, 5) is 17.5. The third kappa shape index (κ3) is 3.85. The first kappa shape index (κ1) is 19.2. The molecule has 0 spiro atoms. The number of benzene rings is 2. The summed E-state index contributed by atoms with van der Waals surface area (Å²) in [6, 6.07) is 17.7. The number of halogens is 1. The molecule has 5 rings (SSSR count). The molecule has 1 amide bonds. The van der Waals surface area contributed by atoms with Gasteiger partial charge in [0.15, 0.2) is 0 Å². The number of fused-ring (bicyclic) bond motifs is 1. The number of carbonyl (C=O) groups excluding carboxylic acids is 1. The van der Waals surface area contributed by atoms with Gasteiger partial charge in [-0.2, -0.15) is 4.98 Å². The highest BCUT2D eigenvalue weighted by Crippen LogP contribution is 2.33.